The van der Waals surface area contributed by atoms with Crippen LogP contribution in [0.3, 0.4) is 0 Å². The molecule has 0 nitrogen and oxygen atoms in total. The summed E-state index contributed by atoms with van der Waals surface area (Å²) in [6.45, 7) is 2.11. The highest BCUT2D eigenvalue weighted by atomic mass is 14.2. The topological polar surface area (TPSA) is 0 Å². The van der Waals surface area contributed by atoms with Crippen LogP contribution in [-0.2, 0) is 0 Å². The number of allylic oxidation sites excluding steroid dienone is 2. The second-order valence-electron chi connectivity index (χ2n) is 3.11. The minimum Gasteiger partial charge on any atom is -0.0917 e. The molecule has 0 heterocycles. The van der Waals surface area contributed by atoms with E-state index in [1.807, 2.05) is 0 Å². The van der Waals surface area contributed by atoms with Crippen LogP contribution < -0.4 is 0 Å². The van der Waals surface area contributed by atoms with Crippen LogP contribution in [0.2, 0.25) is 0 Å². The number of hydrogen-bond acceptors (Lipinski definition) is 0. The predicted octanol–water partition coefficient (Wildman–Crippen LogP) is 3.35. The summed E-state index contributed by atoms with van der Waals surface area (Å²) in [6.07, 6.45) is 13.7. The van der Waals surface area contributed by atoms with Gasteiger partial charge in [0.05, 0.1) is 0 Å². The molecule has 10 heavy (non-hydrogen) atoms. The highest BCUT2D eigenvalue weighted by molar-refractivity contribution is 4.84. The molecular formula is C10H17. The van der Waals surface area contributed by atoms with Crippen LogP contribution >= 0.6 is 0 Å². The first-order valence-electron chi connectivity index (χ1n) is 4.36. The fourth-order valence-electron chi connectivity index (χ4n) is 1.56. The van der Waals surface area contributed by atoms with E-state index in [4.69, 9.17) is 0 Å². The van der Waals surface area contributed by atoms with Crippen molar-refractivity contribution >= 4 is 0 Å². The fourth-order valence-corrected chi connectivity index (χ4v) is 1.56. The van der Waals surface area contributed by atoms with Gasteiger partial charge in [0.25, 0.3) is 0 Å². The van der Waals surface area contributed by atoms with Crippen LogP contribution in [0.5, 0.6) is 0 Å². The lowest BCUT2D eigenvalue weighted by molar-refractivity contribution is 0.409. The maximum Gasteiger partial charge on any atom is -0.0322 e. The van der Waals surface area contributed by atoms with E-state index >= 15 is 0 Å². The van der Waals surface area contributed by atoms with Crippen molar-refractivity contribution in [1.29, 1.82) is 0 Å². The molecule has 0 spiro atoms. The van der Waals surface area contributed by atoms with Crippen molar-refractivity contribution in [3.8, 4) is 0 Å². The van der Waals surface area contributed by atoms with Crippen molar-refractivity contribution in [3.05, 3.63) is 18.6 Å². The summed E-state index contributed by atoms with van der Waals surface area (Å²) >= 11 is 0. The average Bonchev–Trinajstić information content (AvgIpc) is 2.03. The van der Waals surface area contributed by atoms with Gasteiger partial charge in [0.1, 0.15) is 0 Å². The summed E-state index contributed by atoms with van der Waals surface area (Å²) < 4.78 is 0. The van der Waals surface area contributed by atoms with Crippen molar-refractivity contribution < 1.29 is 0 Å². The standard InChI is InChI=1S/C10H17/c1-2-3-7-10-8-5-4-6-9-10/h2-4,10H,5-9H2,1H3. The van der Waals surface area contributed by atoms with Gasteiger partial charge in [-0.25, -0.2) is 0 Å². The smallest absolute Gasteiger partial charge is 0.0322 e. The zero-order chi connectivity index (χ0) is 7.23. The minimum absolute atomic E-state index is 0.987. The molecule has 1 rings (SSSR count). The third kappa shape index (κ3) is 2.55. The maximum atomic E-state index is 2.42. The Morgan fingerprint density at radius 3 is 2.70 bits per heavy atom. The quantitative estimate of drug-likeness (QED) is 0.512. The Morgan fingerprint density at radius 2 is 2.10 bits per heavy atom. The van der Waals surface area contributed by atoms with E-state index in [9.17, 15) is 0 Å². The predicted molar refractivity (Wildman–Crippen MR) is 45.7 cm³/mol. The highest BCUT2D eigenvalue weighted by Crippen LogP contribution is 2.25. The Kier molecular flexibility index (Phi) is 3.56. The zero-order valence-electron chi connectivity index (χ0n) is 6.84. The molecule has 1 aliphatic carbocycles. The van der Waals surface area contributed by atoms with E-state index in [1.54, 1.807) is 0 Å². The summed E-state index contributed by atoms with van der Waals surface area (Å²) in [6, 6.07) is 0. The van der Waals surface area contributed by atoms with E-state index < -0.39 is 0 Å². The zero-order valence-corrected chi connectivity index (χ0v) is 6.84. The second kappa shape index (κ2) is 4.54. The van der Waals surface area contributed by atoms with E-state index in [-0.39, 0.29) is 0 Å². The van der Waals surface area contributed by atoms with Crippen LogP contribution in [0.15, 0.2) is 12.2 Å². The highest BCUT2D eigenvalue weighted by Gasteiger charge is 2.10. The molecule has 0 atom stereocenters. The van der Waals surface area contributed by atoms with Gasteiger partial charge in [-0.2, -0.15) is 0 Å². The summed E-state index contributed by atoms with van der Waals surface area (Å²) in [5, 5.41) is 0. The molecule has 1 saturated carbocycles. The Labute approximate surface area is 64.3 Å². The third-order valence-electron chi connectivity index (χ3n) is 2.26. The molecule has 0 aromatic rings. The van der Waals surface area contributed by atoms with Crippen LogP contribution in [-0.4, -0.2) is 0 Å². The molecule has 0 aromatic heterocycles. The molecule has 1 fully saturated rings. The van der Waals surface area contributed by atoms with Gasteiger partial charge in [-0.3, -0.25) is 0 Å². The fraction of sp³-hybridized carbons (Fsp3) is 0.700. The SMILES string of the molecule is CC=CCC1CC[CH]CC1. The number of rotatable bonds is 2. The summed E-state index contributed by atoms with van der Waals surface area (Å²) in [4.78, 5) is 0. The van der Waals surface area contributed by atoms with Gasteiger partial charge < -0.3 is 0 Å². The van der Waals surface area contributed by atoms with Gasteiger partial charge in [-0.1, -0.05) is 12.2 Å². The van der Waals surface area contributed by atoms with Crippen molar-refractivity contribution in [2.75, 3.05) is 0 Å². The first-order chi connectivity index (χ1) is 4.93. The van der Waals surface area contributed by atoms with Gasteiger partial charge in [0.15, 0.2) is 0 Å². The van der Waals surface area contributed by atoms with Gasteiger partial charge >= 0.3 is 0 Å². The lowest BCUT2D eigenvalue weighted by atomic mass is 9.87. The molecule has 0 N–H and O–H groups in total. The summed E-state index contributed by atoms with van der Waals surface area (Å²) in [7, 11) is 0. The average molecular weight is 137 g/mol. The molecule has 57 valence electrons. The molecular weight excluding hydrogens is 120 g/mol. The normalized spacial score (nSPS) is 22.1. The molecule has 0 amide bonds. The third-order valence-corrected chi connectivity index (χ3v) is 2.26. The van der Waals surface area contributed by atoms with Gasteiger partial charge in [0.2, 0.25) is 0 Å². The first kappa shape index (κ1) is 7.84. The minimum atomic E-state index is 0.987. The van der Waals surface area contributed by atoms with Crippen molar-refractivity contribution in [1.82, 2.24) is 0 Å². The monoisotopic (exact) mass is 137 g/mol. The Hall–Kier alpha value is -0.260. The molecule has 0 aromatic carbocycles. The molecule has 0 heteroatoms. The maximum absolute atomic E-state index is 2.42. The lowest BCUT2D eigenvalue weighted by Gasteiger charge is -2.19. The van der Waals surface area contributed by atoms with E-state index in [2.05, 4.69) is 25.5 Å². The Morgan fingerprint density at radius 1 is 1.40 bits per heavy atom. The van der Waals surface area contributed by atoms with Gasteiger partial charge in [-0.05, 0) is 51.4 Å². The van der Waals surface area contributed by atoms with Crippen molar-refractivity contribution in [3.63, 3.8) is 0 Å². The molecule has 0 bridgehead atoms. The van der Waals surface area contributed by atoms with Crippen LogP contribution in [0.25, 0.3) is 0 Å². The second-order valence-corrected chi connectivity index (χ2v) is 3.11. The largest absolute Gasteiger partial charge is 0.0917 e. The van der Waals surface area contributed by atoms with Crippen LogP contribution in [0.1, 0.15) is 39.0 Å². The van der Waals surface area contributed by atoms with Gasteiger partial charge in [-0.15, -0.1) is 0 Å². The van der Waals surface area contributed by atoms with E-state index in [1.165, 1.54) is 32.1 Å². The Bertz CT molecular complexity index is 96.6. The molecule has 0 unspecified atom stereocenters. The lowest BCUT2D eigenvalue weighted by Crippen LogP contribution is -2.04. The Balaban J connectivity index is 2.13. The van der Waals surface area contributed by atoms with E-state index in [0.717, 1.165) is 5.92 Å². The van der Waals surface area contributed by atoms with Crippen molar-refractivity contribution in [2.24, 2.45) is 5.92 Å². The van der Waals surface area contributed by atoms with E-state index in [0.29, 0.717) is 0 Å². The summed E-state index contributed by atoms with van der Waals surface area (Å²) in [5.74, 6) is 0.987. The molecule has 1 aliphatic rings. The first-order valence-corrected chi connectivity index (χ1v) is 4.36. The summed E-state index contributed by atoms with van der Waals surface area (Å²) in [5.41, 5.74) is 0. The van der Waals surface area contributed by atoms with Gasteiger partial charge in [0, 0.05) is 0 Å². The molecule has 0 saturated heterocycles. The van der Waals surface area contributed by atoms with Crippen LogP contribution in [0, 0.1) is 12.3 Å². The number of hydrogen-bond donors (Lipinski definition) is 0. The van der Waals surface area contributed by atoms with Crippen molar-refractivity contribution in [2.45, 2.75) is 39.0 Å². The van der Waals surface area contributed by atoms with Crippen LogP contribution in [0.4, 0.5) is 0 Å². The molecule has 1 radical (unpaired) electrons. The molecule has 0 aliphatic heterocycles.